The summed E-state index contributed by atoms with van der Waals surface area (Å²) in [6.07, 6.45) is 0. The molecule has 0 aliphatic heterocycles. The molecule has 0 spiro atoms. The van der Waals surface area contributed by atoms with E-state index in [2.05, 4.69) is 23.8 Å². The monoisotopic (exact) mass is 116 g/mol. The summed E-state index contributed by atoms with van der Waals surface area (Å²) in [6, 6.07) is -0.157. The highest BCUT2D eigenvalue weighted by Crippen LogP contribution is 1.48. The van der Waals surface area contributed by atoms with Gasteiger partial charge in [0, 0.05) is 14.1 Å². The quantitative estimate of drug-likeness (QED) is 0.440. The number of carbonyl (C=O) groups is 1. The van der Waals surface area contributed by atoms with Crippen LogP contribution in [0.3, 0.4) is 0 Å². The van der Waals surface area contributed by atoms with E-state index in [-0.39, 0.29) is 6.03 Å². The zero-order valence-electron chi connectivity index (χ0n) is 5.32. The molecular formula is C5H12N2O. The van der Waals surface area contributed by atoms with Crippen molar-refractivity contribution in [2.75, 3.05) is 14.1 Å². The van der Waals surface area contributed by atoms with E-state index in [1.165, 1.54) is 0 Å². The third kappa shape index (κ3) is 8.89. The van der Waals surface area contributed by atoms with Gasteiger partial charge in [-0.1, -0.05) is 0 Å². The van der Waals surface area contributed by atoms with Gasteiger partial charge in [-0.15, -0.1) is 13.2 Å². The number of nitrogens with one attached hydrogen (secondary N) is 2. The van der Waals surface area contributed by atoms with Crippen molar-refractivity contribution in [3.05, 3.63) is 13.2 Å². The Morgan fingerprint density at radius 3 is 1.50 bits per heavy atom. The maximum atomic E-state index is 9.96. The summed E-state index contributed by atoms with van der Waals surface area (Å²) < 4.78 is 0. The highest BCUT2D eigenvalue weighted by Gasteiger charge is 1.81. The van der Waals surface area contributed by atoms with E-state index in [1.54, 1.807) is 14.1 Å². The molecule has 0 heterocycles. The van der Waals surface area contributed by atoms with Crippen LogP contribution in [0.1, 0.15) is 0 Å². The van der Waals surface area contributed by atoms with E-state index in [4.69, 9.17) is 0 Å². The third-order valence-corrected chi connectivity index (χ3v) is 0.454. The number of rotatable bonds is 0. The van der Waals surface area contributed by atoms with Gasteiger partial charge in [0.15, 0.2) is 0 Å². The van der Waals surface area contributed by atoms with E-state index in [1.807, 2.05) is 0 Å². The SMILES string of the molecule is C=C.CNC(=O)NC. The fourth-order valence-corrected chi connectivity index (χ4v) is 0.125. The van der Waals surface area contributed by atoms with E-state index < -0.39 is 0 Å². The maximum Gasteiger partial charge on any atom is 0.314 e. The molecule has 0 saturated carbocycles. The molecule has 3 heteroatoms. The maximum absolute atomic E-state index is 9.96. The van der Waals surface area contributed by atoms with Crippen molar-refractivity contribution in [2.24, 2.45) is 0 Å². The van der Waals surface area contributed by atoms with Gasteiger partial charge in [-0.25, -0.2) is 4.79 Å². The van der Waals surface area contributed by atoms with Crippen LogP contribution in [0.15, 0.2) is 13.2 Å². The standard InChI is InChI=1S/C3H8N2O.C2H4/c1-4-3(6)5-2;1-2/h1-2H3,(H2,4,5,6);1-2H2. The van der Waals surface area contributed by atoms with Crippen LogP contribution in [-0.2, 0) is 0 Å². The van der Waals surface area contributed by atoms with Crippen LogP contribution >= 0.6 is 0 Å². The summed E-state index contributed by atoms with van der Waals surface area (Å²) >= 11 is 0. The summed E-state index contributed by atoms with van der Waals surface area (Å²) in [5.74, 6) is 0. The molecule has 2 N–H and O–H groups in total. The molecule has 0 unspecified atom stereocenters. The molecule has 0 aliphatic carbocycles. The predicted octanol–water partition coefficient (Wildman–Crippen LogP) is 0.347. The summed E-state index contributed by atoms with van der Waals surface area (Å²) in [5.41, 5.74) is 0. The second kappa shape index (κ2) is 9.38. The first-order valence-electron chi connectivity index (χ1n) is 2.20. The van der Waals surface area contributed by atoms with Crippen LogP contribution in [-0.4, -0.2) is 20.1 Å². The fraction of sp³-hybridized carbons (Fsp3) is 0.400. The van der Waals surface area contributed by atoms with Crippen LogP contribution < -0.4 is 10.6 Å². The van der Waals surface area contributed by atoms with E-state index in [9.17, 15) is 4.79 Å². The largest absolute Gasteiger partial charge is 0.341 e. The molecule has 0 radical (unpaired) electrons. The Kier molecular flexibility index (Phi) is 11.8. The molecule has 48 valence electrons. The summed E-state index contributed by atoms with van der Waals surface area (Å²) in [5, 5.41) is 4.73. The van der Waals surface area contributed by atoms with Gasteiger partial charge in [0.1, 0.15) is 0 Å². The molecule has 8 heavy (non-hydrogen) atoms. The lowest BCUT2D eigenvalue weighted by Gasteiger charge is -1.91. The number of urea groups is 1. The summed E-state index contributed by atoms with van der Waals surface area (Å²) in [7, 11) is 3.14. The lowest BCUT2D eigenvalue weighted by Crippen LogP contribution is -2.28. The first-order valence-corrected chi connectivity index (χ1v) is 2.20. The molecule has 0 rings (SSSR count). The minimum Gasteiger partial charge on any atom is -0.341 e. The van der Waals surface area contributed by atoms with Crippen molar-refractivity contribution in [2.45, 2.75) is 0 Å². The molecule has 0 bridgehead atoms. The van der Waals surface area contributed by atoms with Crippen molar-refractivity contribution >= 4 is 6.03 Å². The van der Waals surface area contributed by atoms with Gasteiger partial charge >= 0.3 is 6.03 Å². The number of hydrogen-bond acceptors (Lipinski definition) is 1. The van der Waals surface area contributed by atoms with E-state index >= 15 is 0 Å². The average molecular weight is 116 g/mol. The van der Waals surface area contributed by atoms with Crippen molar-refractivity contribution in [3.8, 4) is 0 Å². The van der Waals surface area contributed by atoms with Gasteiger partial charge in [-0.2, -0.15) is 0 Å². The van der Waals surface area contributed by atoms with Gasteiger partial charge in [-0.3, -0.25) is 0 Å². The molecule has 0 aromatic heterocycles. The van der Waals surface area contributed by atoms with Crippen LogP contribution in [0.2, 0.25) is 0 Å². The highest BCUT2D eigenvalue weighted by atomic mass is 16.2. The molecule has 0 saturated heterocycles. The highest BCUT2D eigenvalue weighted by molar-refractivity contribution is 5.72. The van der Waals surface area contributed by atoms with Crippen molar-refractivity contribution < 1.29 is 4.79 Å². The second-order valence-corrected chi connectivity index (χ2v) is 0.829. The first kappa shape index (κ1) is 10.1. The van der Waals surface area contributed by atoms with Crippen molar-refractivity contribution in [3.63, 3.8) is 0 Å². The Morgan fingerprint density at radius 2 is 1.50 bits per heavy atom. The number of amides is 2. The van der Waals surface area contributed by atoms with E-state index in [0.717, 1.165) is 0 Å². The van der Waals surface area contributed by atoms with Gasteiger partial charge in [0.2, 0.25) is 0 Å². The fourth-order valence-electron chi connectivity index (χ4n) is 0.125. The first-order chi connectivity index (χ1) is 3.81. The number of hydrogen-bond donors (Lipinski definition) is 2. The topological polar surface area (TPSA) is 41.1 Å². The smallest absolute Gasteiger partial charge is 0.314 e. The molecule has 0 atom stereocenters. The van der Waals surface area contributed by atoms with Crippen molar-refractivity contribution in [1.82, 2.24) is 10.6 Å². The Morgan fingerprint density at radius 1 is 1.25 bits per heavy atom. The zero-order valence-corrected chi connectivity index (χ0v) is 5.32. The van der Waals surface area contributed by atoms with E-state index in [0.29, 0.717) is 0 Å². The van der Waals surface area contributed by atoms with Crippen molar-refractivity contribution in [1.29, 1.82) is 0 Å². The Hall–Kier alpha value is -0.990. The number of carbonyl (C=O) groups excluding carboxylic acids is 1. The van der Waals surface area contributed by atoms with Crippen LogP contribution in [0, 0.1) is 0 Å². The summed E-state index contributed by atoms with van der Waals surface area (Å²) in [4.78, 5) is 9.96. The van der Waals surface area contributed by atoms with Gasteiger partial charge < -0.3 is 10.6 Å². The molecular weight excluding hydrogens is 104 g/mol. The molecule has 0 aromatic rings. The van der Waals surface area contributed by atoms with Crippen LogP contribution in [0.5, 0.6) is 0 Å². The molecule has 2 amide bonds. The normalized spacial score (nSPS) is 5.75. The minimum absolute atomic E-state index is 0.157. The third-order valence-electron chi connectivity index (χ3n) is 0.454. The minimum atomic E-state index is -0.157. The zero-order chi connectivity index (χ0) is 6.99. The second-order valence-electron chi connectivity index (χ2n) is 0.829. The predicted molar refractivity (Wildman–Crippen MR) is 34.8 cm³/mol. The van der Waals surface area contributed by atoms with Crippen LogP contribution in [0.25, 0.3) is 0 Å². The van der Waals surface area contributed by atoms with Gasteiger partial charge in [0.05, 0.1) is 0 Å². The Bertz CT molecular complexity index is 57.4. The lowest BCUT2D eigenvalue weighted by molar-refractivity contribution is 0.245. The molecule has 0 aromatic carbocycles. The van der Waals surface area contributed by atoms with Gasteiger partial charge in [-0.05, 0) is 0 Å². The van der Waals surface area contributed by atoms with Gasteiger partial charge in [0.25, 0.3) is 0 Å². The molecule has 0 fully saturated rings. The Labute approximate surface area is 49.8 Å². The average Bonchev–Trinajstić information content (AvgIpc) is 1.91. The Balaban J connectivity index is 0. The molecule has 3 nitrogen and oxygen atoms in total. The lowest BCUT2D eigenvalue weighted by atomic mass is 11.0. The molecule has 0 aliphatic rings. The summed E-state index contributed by atoms with van der Waals surface area (Å²) in [6.45, 7) is 6.00. The van der Waals surface area contributed by atoms with Crippen LogP contribution in [0.4, 0.5) is 4.79 Å².